The largest absolute Gasteiger partial charge is 0.381 e. The van der Waals surface area contributed by atoms with Crippen LogP contribution in [-0.2, 0) is 4.74 Å². The molecule has 3 nitrogen and oxygen atoms in total. The molecular formula is C14H22N2OS. The molecule has 1 aliphatic heterocycles. The predicted molar refractivity (Wildman–Crippen MR) is 76.0 cm³/mol. The van der Waals surface area contributed by atoms with Crippen molar-refractivity contribution in [3.05, 3.63) is 24.0 Å². The summed E-state index contributed by atoms with van der Waals surface area (Å²) in [6.45, 7) is 3.98. The Morgan fingerprint density at radius 3 is 2.78 bits per heavy atom. The average molecular weight is 266 g/mol. The Morgan fingerprint density at radius 2 is 2.22 bits per heavy atom. The molecule has 1 aliphatic rings. The predicted octanol–water partition coefficient (Wildman–Crippen LogP) is 3.02. The van der Waals surface area contributed by atoms with Crippen molar-refractivity contribution in [1.29, 1.82) is 0 Å². The van der Waals surface area contributed by atoms with Gasteiger partial charge in [-0.2, -0.15) is 0 Å². The summed E-state index contributed by atoms with van der Waals surface area (Å²) in [6.07, 6.45) is 5.38. The number of hydrogen-bond donors (Lipinski definition) is 1. The van der Waals surface area contributed by atoms with Gasteiger partial charge in [0, 0.05) is 35.6 Å². The van der Waals surface area contributed by atoms with Crippen LogP contribution in [-0.4, -0.2) is 30.5 Å². The van der Waals surface area contributed by atoms with Gasteiger partial charge in [-0.15, -0.1) is 11.8 Å². The zero-order chi connectivity index (χ0) is 12.8. The fourth-order valence-corrected chi connectivity index (χ4v) is 3.29. The van der Waals surface area contributed by atoms with E-state index < -0.39 is 0 Å². The maximum atomic E-state index is 5.38. The van der Waals surface area contributed by atoms with Gasteiger partial charge in [-0.3, -0.25) is 4.98 Å². The van der Waals surface area contributed by atoms with Crippen LogP contribution >= 0.6 is 11.8 Å². The van der Waals surface area contributed by atoms with Crippen LogP contribution in [0.1, 0.15) is 37.9 Å². The number of pyridine rings is 1. The fraction of sp³-hybridized carbons (Fsp3) is 0.643. The van der Waals surface area contributed by atoms with Gasteiger partial charge in [0.05, 0.1) is 5.69 Å². The van der Waals surface area contributed by atoms with Crippen LogP contribution in [0.15, 0.2) is 23.2 Å². The number of hydrogen-bond acceptors (Lipinski definition) is 4. The van der Waals surface area contributed by atoms with E-state index in [4.69, 9.17) is 4.74 Å². The van der Waals surface area contributed by atoms with Crippen molar-refractivity contribution in [1.82, 2.24) is 10.3 Å². The first-order chi connectivity index (χ1) is 8.83. The van der Waals surface area contributed by atoms with Crippen molar-refractivity contribution in [3.8, 4) is 0 Å². The highest BCUT2D eigenvalue weighted by Gasteiger charge is 2.15. The average Bonchev–Trinajstić information content (AvgIpc) is 2.43. The summed E-state index contributed by atoms with van der Waals surface area (Å²) in [5.74, 6) is 0. The third-order valence-electron chi connectivity index (χ3n) is 3.34. The smallest absolute Gasteiger partial charge is 0.0573 e. The molecule has 2 heterocycles. The van der Waals surface area contributed by atoms with E-state index in [1.165, 1.54) is 4.90 Å². The van der Waals surface area contributed by atoms with Crippen LogP contribution in [0.4, 0.5) is 0 Å². The third kappa shape index (κ3) is 3.70. The van der Waals surface area contributed by atoms with E-state index in [0.717, 1.165) is 38.2 Å². The molecule has 1 fully saturated rings. The highest BCUT2D eigenvalue weighted by Crippen LogP contribution is 2.29. The Balaban J connectivity index is 1.94. The van der Waals surface area contributed by atoms with Crippen molar-refractivity contribution in [2.75, 3.05) is 20.3 Å². The van der Waals surface area contributed by atoms with Gasteiger partial charge < -0.3 is 10.1 Å². The van der Waals surface area contributed by atoms with Crippen LogP contribution in [0.5, 0.6) is 0 Å². The van der Waals surface area contributed by atoms with E-state index in [0.29, 0.717) is 11.3 Å². The molecule has 0 bridgehead atoms. The second kappa shape index (κ2) is 7.12. The number of thioether (sulfide) groups is 1. The Hall–Kier alpha value is -0.580. The second-order valence-corrected chi connectivity index (χ2v) is 5.97. The summed E-state index contributed by atoms with van der Waals surface area (Å²) in [7, 11) is 1.99. The molecule has 0 aliphatic carbocycles. The van der Waals surface area contributed by atoms with E-state index in [2.05, 4.69) is 29.4 Å². The molecule has 0 aromatic carbocycles. The maximum Gasteiger partial charge on any atom is 0.0573 e. The van der Waals surface area contributed by atoms with Crippen molar-refractivity contribution in [2.45, 2.75) is 42.4 Å². The van der Waals surface area contributed by atoms with Gasteiger partial charge in [-0.25, -0.2) is 0 Å². The molecule has 1 unspecified atom stereocenters. The molecule has 1 aromatic rings. The number of aromatic nitrogens is 1. The van der Waals surface area contributed by atoms with Gasteiger partial charge in [0.1, 0.15) is 0 Å². The van der Waals surface area contributed by atoms with Crippen molar-refractivity contribution in [3.63, 3.8) is 0 Å². The monoisotopic (exact) mass is 266 g/mol. The zero-order valence-electron chi connectivity index (χ0n) is 11.2. The van der Waals surface area contributed by atoms with Gasteiger partial charge in [0.2, 0.25) is 0 Å². The fourth-order valence-electron chi connectivity index (χ4n) is 2.21. The van der Waals surface area contributed by atoms with Gasteiger partial charge in [0.15, 0.2) is 0 Å². The minimum absolute atomic E-state index is 0.368. The lowest BCUT2D eigenvalue weighted by atomic mass is 10.1. The molecule has 0 amide bonds. The van der Waals surface area contributed by atoms with Crippen LogP contribution < -0.4 is 5.32 Å². The van der Waals surface area contributed by atoms with E-state index >= 15 is 0 Å². The Bertz CT molecular complexity index is 345. The van der Waals surface area contributed by atoms with Crippen molar-refractivity contribution >= 4 is 11.8 Å². The number of ether oxygens (including phenoxy) is 1. The van der Waals surface area contributed by atoms with Gasteiger partial charge in [0.25, 0.3) is 0 Å². The third-order valence-corrected chi connectivity index (χ3v) is 4.66. The topological polar surface area (TPSA) is 34.1 Å². The molecule has 1 atom stereocenters. The molecule has 1 N–H and O–H groups in total. The molecule has 0 radical (unpaired) electrons. The lowest BCUT2D eigenvalue weighted by Gasteiger charge is -2.21. The van der Waals surface area contributed by atoms with E-state index in [1.807, 2.05) is 25.0 Å². The first kappa shape index (κ1) is 13.8. The van der Waals surface area contributed by atoms with Crippen LogP contribution in [0, 0.1) is 0 Å². The zero-order valence-corrected chi connectivity index (χ0v) is 12.0. The minimum Gasteiger partial charge on any atom is -0.381 e. The number of rotatable bonds is 5. The quantitative estimate of drug-likeness (QED) is 0.888. The molecular weight excluding hydrogens is 244 g/mol. The van der Waals surface area contributed by atoms with E-state index in [-0.39, 0.29) is 0 Å². The highest BCUT2D eigenvalue weighted by atomic mass is 32.2. The molecule has 2 rings (SSSR count). The lowest BCUT2D eigenvalue weighted by molar-refractivity contribution is 0.100. The van der Waals surface area contributed by atoms with Gasteiger partial charge in [-0.05, 0) is 38.4 Å². The van der Waals surface area contributed by atoms with Crippen molar-refractivity contribution < 1.29 is 4.74 Å². The summed E-state index contributed by atoms with van der Waals surface area (Å²) in [5.41, 5.74) is 1.14. The minimum atomic E-state index is 0.368. The Kier molecular flexibility index (Phi) is 5.47. The van der Waals surface area contributed by atoms with E-state index in [1.54, 1.807) is 0 Å². The molecule has 0 saturated carbocycles. The normalized spacial score (nSPS) is 18.8. The van der Waals surface area contributed by atoms with Crippen LogP contribution in [0.3, 0.4) is 0 Å². The molecule has 1 saturated heterocycles. The standard InChI is InChI=1S/C14H22N2OS/c1-3-13(15-2)14-5-4-12(10-16-14)18-11-6-8-17-9-7-11/h4-5,10-11,13,15H,3,6-9H2,1-2H3. The second-order valence-electron chi connectivity index (χ2n) is 4.60. The van der Waals surface area contributed by atoms with Crippen molar-refractivity contribution in [2.24, 2.45) is 0 Å². The van der Waals surface area contributed by atoms with Gasteiger partial charge in [-0.1, -0.05) is 6.92 Å². The summed E-state index contributed by atoms with van der Waals surface area (Å²) < 4.78 is 5.38. The van der Waals surface area contributed by atoms with E-state index in [9.17, 15) is 0 Å². The molecule has 1 aromatic heterocycles. The maximum absolute atomic E-state index is 5.38. The summed E-state index contributed by atoms with van der Waals surface area (Å²) in [4.78, 5) is 5.85. The molecule has 0 spiro atoms. The van der Waals surface area contributed by atoms with Crippen LogP contribution in [0.25, 0.3) is 0 Å². The summed E-state index contributed by atoms with van der Waals surface area (Å²) in [6, 6.07) is 4.71. The lowest BCUT2D eigenvalue weighted by Crippen LogP contribution is -2.18. The van der Waals surface area contributed by atoms with Crippen LogP contribution in [0.2, 0.25) is 0 Å². The van der Waals surface area contributed by atoms with Gasteiger partial charge >= 0.3 is 0 Å². The number of nitrogens with one attached hydrogen (secondary N) is 1. The first-order valence-corrected chi connectivity index (χ1v) is 7.59. The highest BCUT2D eigenvalue weighted by molar-refractivity contribution is 8.00. The Morgan fingerprint density at radius 1 is 1.44 bits per heavy atom. The summed E-state index contributed by atoms with van der Waals surface area (Å²) >= 11 is 1.94. The molecule has 4 heteroatoms. The number of nitrogens with zero attached hydrogens (tertiary/aromatic N) is 1. The SMILES string of the molecule is CCC(NC)c1ccc(SC2CCOCC2)cn1. The Labute approximate surface area is 114 Å². The molecule has 100 valence electrons. The first-order valence-electron chi connectivity index (χ1n) is 6.71. The molecule has 18 heavy (non-hydrogen) atoms. The summed E-state index contributed by atoms with van der Waals surface area (Å²) in [5, 5.41) is 3.98.